The van der Waals surface area contributed by atoms with Gasteiger partial charge >= 0.3 is 0 Å². The topological polar surface area (TPSA) is 17.1 Å². The molecule has 5 aromatic carbocycles. The van der Waals surface area contributed by atoms with Gasteiger partial charge in [-0.05, 0) is 49.2 Å². The van der Waals surface area contributed by atoms with Gasteiger partial charge in [-0.2, -0.15) is 0 Å². The molecular formula is C23H14O. The molecule has 24 heavy (non-hydrogen) atoms. The number of rotatable bonds is 1. The van der Waals surface area contributed by atoms with Crippen LogP contribution in [0.15, 0.2) is 78.9 Å². The first-order valence-corrected chi connectivity index (χ1v) is 8.07. The standard InChI is InChI=1S/C23H14O/c24-14-15-5-6-17-8-10-21-20-9-7-16-3-1-2-4-18(16)19(20)11-12-22(21)23(17)13-15/h1-14H. The van der Waals surface area contributed by atoms with Crippen molar-refractivity contribution in [1.82, 2.24) is 0 Å². The highest BCUT2D eigenvalue weighted by atomic mass is 16.1. The van der Waals surface area contributed by atoms with Gasteiger partial charge in [-0.15, -0.1) is 0 Å². The zero-order valence-electron chi connectivity index (χ0n) is 13.0. The molecule has 0 spiro atoms. The van der Waals surface area contributed by atoms with Gasteiger partial charge in [0.1, 0.15) is 6.29 Å². The zero-order valence-corrected chi connectivity index (χ0v) is 13.0. The Labute approximate surface area is 139 Å². The van der Waals surface area contributed by atoms with Gasteiger partial charge < -0.3 is 0 Å². The summed E-state index contributed by atoms with van der Waals surface area (Å²) in [7, 11) is 0. The average molecular weight is 306 g/mol. The highest BCUT2D eigenvalue weighted by Gasteiger charge is 2.07. The molecule has 0 saturated carbocycles. The average Bonchev–Trinajstić information content (AvgIpc) is 2.66. The minimum absolute atomic E-state index is 0.716. The van der Waals surface area contributed by atoms with E-state index in [1.165, 1.54) is 32.3 Å². The lowest BCUT2D eigenvalue weighted by atomic mass is 9.94. The summed E-state index contributed by atoms with van der Waals surface area (Å²) < 4.78 is 0. The van der Waals surface area contributed by atoms with E-state index >= 15 is 0 Å². The van der Waals surface area contributed by atoms with Crippen LogP contribution in [-0.2, 0) is 0 Å². The number of carbonyl (C=O) groups excluding carboxylic acids is 1. The first-order chi connectivity index (χ1) is 11.8. The zero-order chi connectivity index (χ0) is 16.1. The van der Waals surface area contributed by atoms with Crippen molar-refractivity contribution >= 4 is 49.4 Å². The summed E-state index contributed by atoms with van der Waals surface area (Å²) in [6.45, 7) is 0. The third kappa shape index (κ3) is 1.79. The van der Waals surface area contributed by atoms with E-state index in [1.54, 1.807) is 0 Å². The van der Waals surface area contributed by atoms with Gasteiger partial charge in [0, 0.05) is 5.56 Å². The van der Waals surface area contributed by atoms with E-state index in [0.717, 1.165) is 17.1 Å². The molecular weight excluding hydrogens is 292 g/mol. The van der Waals surface area contributed by atoms with E-state index in [1.807, 2.05) is 18.2 Å². The molecule has 1 nitrogen and oxygen atoms in total. The molecule has 5 rings (SSSR count). The van der Waals surface area contributed by atoms with Gasteiger partial charge in [0.05, 0.1) is 0 Å². The second-order valence-corrected chi connectivity index (χ2v) is 6.21. The number of fused-ring (bicyclic) bond motifs is 7. The van der Waals surface area contributed by atoms with E-state index in [4.69, 9.17) is 0 Å². The monoisotopic (exact) mass is 306 g/mol. The van der Waals surface area contributed by atoms with E-state index in [0.29, 0.717) is 5.56 Å². The van der Waals surface area contributed by atoms with E-state index in [-0.39, 0.29) is 0 Å². The molecule has 0 bridgehead atoms. The van der Waals surface area contributed by atoms with Gasteiger partial charge in [-0.1, -0.05) is 72.8 Å². The molecule has 0 saturated heterocycles. The number of hydrogen-bond donors (Lipinski definition) is 0. The lowest BCUT2D eigenvalue weighted by Gasteiger charge is -2.10. The fourth-order valence-electron chi connectivity index (χ4n) is 3.72. The van der Waals surface area contributed by atoms with E-state index < -0.39 is 0 Å². The van der Waals surface area contributed by atoms with Crippen molar-refractivity contribution in [2.45, 2.75) is 0 Å². The van der Waals surface area contributed by atoms with Gasteiger partial charge in [-0.3, -0.25) is 4.79 Å². The SMILES string of the molecule is O=Cc1ccc2ccc3c(ccc4c5ccccc5ccc43)c2c1. The second-order valence-electron chi connectivity index (χ2n) is 6.21. The van der Waals surface area contributed by atoms with Crippen molar-refractivity contribution < 1.29 is 4.79 Å². The highest BCUT2D eigenvalue weighted by Crippen LogP contribution is 2.34. The second kappa shape index (κ2) is 4.90. The molecule has 0 aliphatic rings. The molecule has 0 amide bonds. The molecule has 0 aliphatic heterocycles. The lowest BCUT2D eigenvalue weighted by molar-refractivity contribution is 0.112. The first kappa shape index (κ1) is 13.3. The fourth-order valence-corrected chi connectivity index (χ4v) is 3.72. The summed E-state index contributed by atoms with van der Waals surface area (Å²) in [5, 5.41) is 9.77. The minimum atomic E-state index is 0.716. The maximum absolute atomic E-state index is 11.1. The molecule has 0 heterocycles. The van der Waals surface area contributed by atoms with Crippen LogP contribution in [-0.4, -0.2) is 6.29 Å². The van der Waals surface area contributed by atoms with Gasteiger partial charge in [-0.25, -0.2) is 0 Å². The van der Waals surface area contributed by atoms with Crippen molar-refractivity contribution in [2.75, 3.05) is 0 Å². The van der Waals surface area contributed by atoms with Crippen LogP contribution in [0.2, 0.25) is 0 Å². The van der Waals surface area contributed by atoms with Crippen LogP contribution < -0.4 is 0 Å². The van der Waals surface area contributed by atoms with Crippen molar-refractivity contribution in [3.05, 3.63) is 84.4 Å². The van der Waals surface area contributed by atoms with Crippen LogP contribution in [0, 0.1) is 0 Å². The molecule has 5 aromatic rings. The Morgan fingerprint density at radius 2 is 1.04 bits per heavy atom. The van der Waals surface area contributed by atoms with Gasteiger partial charge in [0.25, 0.3) is 0 Å². The third-order valence-corrected chi connectivity index (χ3v) is 4.90. The predicted molar refractivity (Wildman–Crippen MR) is 102 cm³/mol. The summed E-state index contributed by atoms with van der Waals surface area (Å²) in [6.07, 6.45) is 0.910. The summed E-state index contributed by atoms with van der Waals surface area (Å²) in [5.74, 6) is 0. The first-order valence-electron chi connectivity index (χ1n) is 8.07. The molecule has 0 fully saturated rings. The number of benzene rings is 5. The molecule has 112 valence electrons. The summed E-state index contributed by atoms with van der Waals surface area (Å²) in [4.78, 5) is 11.1. The largest absolute Gasteiger partial charge is 0.298 e. The Kier molecular flexibility index (Phi) is 2.71. The molecule has 0 radical (unpaired) electrons. The van der Waals surface area contributed by atoms with E-state index in [2.05, 4.69) is 60.7 Å². The Morgan fingerprint density at radius 1 is 0.500 bits per heavy atom. The maximum atomic E-state index is 11.1. The van der Waals surface area contributed by atoms with Crippen molar-refractivity contribution in [2.24, 2.45) is 0 Å². The minimum Gasteiger partial charge on any atom is -0.298 e. The Hall–Kier alpha value is -3.19. The number of carbonyl (C=O) groups is 1. The highest BCUT2D eigenvalue weighted by molar-refractivity contribution is 6.22. The molecule has 0 aromatic heterocycles. The van der Waals surface area contributed by atoms with Gasteiger partial charge in [0.2, 0.25) is 0 Å². The number of hydrogen-bond acceptors (Lipinski definition) is 1. The van der Waals surface area contributed by atoms with Crippen LogP contribution in [0.5, 0.6) is 0 Å². The molecule has 0 unspecified atom stereocenters. The fraction of sp³-hybridized carbons (Fsp3) is 0. The maximum Gasteiger partial charge on any atom is 0.150 e. The quantitative estimate of drug-likeness (QED) is 0.270. The Balaban J connectivity index is 1.99. The lowest BCUT2D eigenvalue weighted by Crippen LogP contribution is -1.84. The predicted octanol–water partition coefficient (Wildman–Crippen LogP) is 6.11. The van der Waals surface area contributed by atoms with Crippen LogP contribution in [0.4, 0.5) is 0 Å². The smallest absolute Gasteiger partial charge is 0.150 e. The third-order valence-electron chi connectivity index (χ3n) is 4.90. The van der Waals surface area contributed by atoms with Crippen LogP contribution in [0.1, 0.15) is 10.4 Å². The van der Waals surface area contributed by atoms with E-state index in [9.17, 15) is 4.79 Å². The van der Waals surface area contributed by atoms with Crippen LogP contribution >= 0.6 is 0 Å². The molecule has 1 heteroatoms. The summed E-state index contributed by atoms with van der Waals surface area (Å²) >= 11 is 0. The Bertz CT molecular complexity index is 1270. The molecule has 0 atom stereocenters. The van der Waals surface area contributed by atoms with Crippen molar-refractivity contribution in [3.8, 4) is 0 Å². The summed E-state index contributed by atoms with van der Waals surface area (Å²) in [5.41, 5.74) is 0.716. The normalized spacial score (nSPS) is 11.5. The number of aldehydes is 1. The van der Waals surface area contributed by atoms with Crippen molar-refractivity contribution in [1.29, 1.82) is 0 Å². The summed E-state index contributed by atoms with van der Waals surface area (Å²) in [6, 6.07) is 27.5. The Morgan fingerprint density at radius 3 is 1.79 bits per heavy atom. The van der Waals surface area contributed by atoms with Crippen molar-refractivity contribution in [3.63, 3.8) is 0 Å². The molecule has 0 aliphatic carbocycles. The van der Waals surface area contributed by atoms with Gasteiger partial charge in [0.15, 0.2) is 0 Å². The van der Waals surface area contributed by atoms with Crippen LogP contribution in [0.3, 0.4) is 0 Å². The van der Waals surface area contributed by atoms with Crippen LogP contribution in [0.25, 0.3) is 43.1 Å². The molecule has 0 N–H and O–H groups in total.